The van der Waals surface area contributed by atoms with Crippen LogP contribution in [0.5, 0.6) is 0 Å². The second-order valence-corrected chi connectivity index (χ2v) is 14.4. The van der Waals surface area contributed by atoms with Crippen molar-refractivity contribution in [3.05, 3.63) is 71.8 Å². The van der Waals surface area contributed by atoms with Gasteiger partial charge in [-0.3, -0.25) is 29.4 Å². The number of esters is 2. The van der Waals surface area contributed by atoms with Crippen molar-refractivity contribution < 1.29 is 19.1 Å². The summed E-state index contributed by atoms with van der Waals surface area (Å²) in [6, 6.07) is 14.9. The number of pyridine rings is 2. The van der Waals surface area contributed by atoms with Gasteiger partial charge in [-0.15, -0.1) is 0 Å². The van der Waals surface area contributed by atoms with Gasteiger partial charge < -0.3 is 14.5 Å². The molecule has 9 nitrogen and oxygen atoms in total. The lowest BCUT2D eigenvalue weighted by molar-refractivity contribution is -0.159. The quantitative estimate of drug-likeness (QED) is 0.136. The van der Waals surface area contributed by atoms with E-state index < -0.39 is 11.2 Å². The van der Waals surface area contributed by atoms with Crippen molar-refractivity contribution in [2.24, 2.45) is 0 Å². The molecule has 4 aromatic rings. The molecule has 46 heavy (non-hydrogen) atoms. The third-order valence-electron chi connectivity index (χ3n) is 8.18. The molecular weight excluding hydrogens is 578 g/mol. The topological polar surface area (TPSA) is 101 Å². The van der Waals surface area contributed by atoms with E-state index in [0.717, 1.165) is 61.1 Å². The van der Waals surface area contributed by atoms with Crippen LogP contribution in [-0.2, 0) is 32.0 Å². The molecule has 0 amide bonds. The number of para-hydroxylation sites is 1. The number of H-pyrrole nitrogens is 1. The summed E-state index contributed by atoms with van der Waals surface area (Å²) in [5, 5.41) is 2.38. The average molecular weight is 628 g/mol. The summed E-state index contributed by atoms with van der Waals surface area (Å²) in [5.74, 6) is -0.694. The van der Waals surface area contributed by atoms with E-state index in [1.165, 1.54) is 16.3 Å². The molecule has 0 bridgehead atoms. The van der Waals surface area contributed by atoms with Gasteiger partial charge >= 0.3 is 11.9 Å². The Bertz CT molecular complexity index is 1620. The van der Waals surface area contributed by atoms with Crippen LogP contribution in [0.1, 0.15) is 90.2 Å². The molecule has 0 spiro atoms. The van der Waals surface area contributed by atoms with Gasteiger partial charge in [-0.2, -0.15) is 0 Å². The predicted molar refractivity (Wildman–Crippen MR) is 181 cm³/mol. The number of rotatable bonds is 12. The Labute approximate surface area is 272 Å². The van der Waals surface area contributed by atoms with Crippen LogP contribution in [0.3, 0.4) is 0 Å². The number of hydrogen-bond donors (Lipinski definition) is 1. The van der Waals surface area contributed by atoms with Gasteiger partial charge in [0.2, 0.25) is 0 Å². The van der Waals surface area contributed by atoms with Crippen LogP contribution in [-0.4, -0.2) is 74.1 Å². The summed E-state index contributed by atoms with van der Waals surface area (Å²) in [6.07, 6.45) is 8.69. The highest BCUT2D eigenvalue weighted by Crippen LogP contribution is 2.35. The first-order chi connectivity index (χ1) is 21.9. The average Bonchev–Trinajstić information content (AvgIpc) is 3.36. The normalized spacial score (nSPS) is 15.4. The van der Waals surface area contributed by atoms with E-state index in [1.54, 1.807) is 0 Å². The minimum absolute atomic E-state index is 0.0342. The van der Waals surface area contributed by atoms with Gasteiger partial charge in [-0.25, -0.2) is 0 Å². The van der Waals surface area contributed by atoms with Crippen LogP contribution in [0.15, 0.2) is 54.9 Å². The van der Waals surface area contributed by atoms with Gasteiger partial charge in [0, 0.05) is 35.2 Å². The first kappa shape index (κ1) is 33.5. The molecule has 0 aliphatic heterocycles. The lowest BCUT2D eigenvalue weighted by Crippen LogP contribution is -2.40. The fourth-order valence-electron chi connectivity index (χ4n) is 6.41. The van der Waals surface area contributed by atoms with Crippen molar-refractivity contribution in [3.8, 4) is 0 Å². The van der Waals surface area contributed by atoms with Crippen molar-refractivity contribution in [1.29, 1.82) is 0 Å². The standard InChI is InChI=1S/C37H49N5O4/c1-36(2,3)45-32(43)24-41(25-33(44)46-37(4,5)6)21-9-10-22-42(31-17-11-13-26-14-12-19-39-34(26)31)23-30-35-28(18-20-38-30)27-15-7-8-16-29(27)40-35/h7-8,12,14-16,18-20,31,40H,9-11,13,17,21-25H2,1-6H3/t31-/m0/s1. The maximum Gasteiger partial charge on any atom is 0.320 e. The molecule has 246 valence electrons. The molecule has 1 aliphatic carbocycles. The minimum Gasteiger partial charge on any atom is -0.459 e. The lowest BCUT2D eigenvalue weighted by atomic mass is 9.90. The Morgan fingerprint density at radius 2 is 1.54 bits per heavy atom. The van der Waals surface area contributed by atoms with Crippen LogP contribution >= 0.6 is 0 Å². The number of hydrogen-bond acceptors (Lipinski definition) is 8. The van der Waals surface area contributed by atoms with Crippen molar-refractivity contribution in [2.45, 2.75) is 97.4 Å². The molecule has 0 fully saturated rings. The van der Waals surface area contributed by atoms with Gasteiger partial charge in [-0.1, -0.05) is 24.3 Å². The fraction of sp³-hybridized carbons (Fsp3) is 0.514. The van der Waals surface area contributed by atoms with Gasteiger partial charge in [0.05, 0.1) is 36.0 Å². The van der Waals surface area contributed by atoms with Gasteiger partial charge in [0.15, 0.2) is 0 Å². The molecule has 0 saturated carbocycles. The zero-order valence-corrected chi connectivity index (χ0v) is 28.3. The van der Waals surface area contributed by atoms with Crippen LogP contribution in [0.25, 0.3) is 21.8 Å². The SMILES string of the molecule is CC(C)(C)OC(=O)CN(CCCCN(Cc1nccc2c1[nH]c1ccccc12)[C@H]1CCCc2cccnc21)CC(=O)OC(C)(C)C. The number of nitrogens with one attached hydrogen (secondary N) is 1. The summed E-state index contributed by atoms with van der Waals surface area (Å²) in [6.45, 7) is 13.2. The number of aryl methyl sites for hydroxylation is 1. The van der Waals surface area contributed by atoms with E-state index >= 15 is 0 Å². The largest absolute Gasteiger partial charge is 0.459 e. The molecule has 1 aromatic carbocycles. The molecule has 0 radical (unpaired) electrons. The van der Waals surface area contributed by atoms with Crippen molar-refractivity contribution in [2.75, 3.05) is 26.2 Å². The van der Waals surface area contributed by atoms with E-state index in [9.17, 15) is 9.59 Å². The summed E-state index contributed by atoms with van der Waals surface area (Å²) in [4.78, 5) is 43.2. The Morgan fingerprint density at radius 1 is 0.848 bits per heavy atom. The van der Waals surface area contributed by atoms with Crippen LogP contribution in [0.4, 0.5) is 0 Å². The van der Waals surface area contributed by atoms with Crippen molar-refractivity contribution in [1.82, 2.24) is 24.8 Å². The minimum atomic E-state index is -0.596. The number of benzene rings is 1. The molecule has 3 heterocycles. The third kappa shape index (κ3) is 8.91. The molecule has 1 atom stereocenters. The van der Waals surface area contributed by atoms with Gasteiger partial charge in [0.1, 0.15) is 11.2 Å². The molecule has 1 N–H and O–H groups in total. The number of fused-ring (bicyclic) bond motifs is 4. The summed E-state index contributed by atoms with van der Waals surface area (Å²) >= 11 is 0. The van der Waals surface area contributed by atoms with Crippen LogP contribution in [0.2, 0.25) is 0 Å². The number of unbranched alkanes of at least 4 members (excludes halogenated alkanes) is 1. The fourth-order valence-corrected chi connectivity index (χ4v) is 6.41. The Hall–Kier alpha value is -3.82. The van der Waals surface area contributed by atoms with Crippen LogP contribution < -0.4 is 0 Å². The molecule has 1 aliphatic rings. The highest BCUT2D eigenvalue weighted by molar-refractivity contribution is 6.07. The monoisotopic (exact) mass is 627 g/mol. The molecule has 0 unspecified atom stereocenters. The first-order valence-electron chi connectivity index (χ1n) is 16.5. The van der Waals surface area contributed by atoms with Gasteiger partial charge in [-0.05, 0) is 110 Å². The van der Waals surface area contributed by atoms with E-state index in [-0.39, 0.29) is 31.1 Å². The Morgan fingerprint density at radius 3 is 2.26 bits per heavy atom. The van der Waals surface area contributed by atoms with E-state index in [1.807, 2.05) is 64.9 Å². The number of aromatic amines is 1. The van der Waals surface area contributed by atoms with Crippen molar-refractivity contribution >= 4 is 33.7 Å². The summed E-state index contributed by atoms with van der Waals surface area (Å²) in [7, 11) is 0. The Balaban J connectivity index is 1.33. The molecule has 5 rings (SSSR count). The number of carbonyl (C=O) groups excluding carboxylic acids is 2. The smallest absolute Gasteiger partial charge is 0.320 e. The molecule has 3 aromatic heterocycles. The highest BCUT2D eigenvalue weighted by atomic mass is 16.6. The van der Waals surface area contributed by atoms with Crippen LogP contribution in [0, 0.1) is 0 Å². The van der Waals surface area contributed by atoms with E-state index in [4.69, 9.17) is 19.4 Å². The zero-order valence-electron chi connectivity index (χ0n) is 28.3. The molecular formula is C37H49N5O4. The lowest BCUT2D eigenvalue weighted by Gasteiger charge is -2.35. The number of carbonyl (C=O) groups is 2. The number of aromatic nitrogens is 3. The Kier molecular flexibility index (Phi) is 10.4. The van der Waals surface area contributed by atoms with E-state index in [0.29, 0.717) is 13.1 Å². The summed E-state index contributed by atoms with van der Waals surface area (Å²) < 4.78 is 11.1. The number of ether oxygens (including phenoxy) is 2. The summed E-state index contributed by atoms with van der Waals surface area (Å²) in [5.41, 5.74) is 4.50. The second kappa shape index (κ2) is 14.3. The molecule has 9 heteroatoms. The van der Waals surface area contributed by atoms with E-state index in [2.05, 4.69) is 46.3 Å². The highest BCUT2D eigenvalue weighted by Gasteiger charge is 2.29. The first-order valence-corrected chi connectivity index (χ1v) is 16.5. The zero-order chi connectivity index (χ0) is 32.9. The predicted octanol–water partition coefficient (Wildman–Crippen LogP) is 6.76. The number of nitrogens with zero attached hydrogens (tertiary/aromatic N) is 4. The second-order valence-electron chi connectivity index (χ2n) is 14.4. The van der Waals surface area contributed by atoms with Gasteiger partial charge in [0.25, 0.3) is 0 Å². The maximum absolute atomic E-state index is 12.7. The molecule has 0 saturated heterocycles. The van der Waals surface area contributed by atoms with Crippen molar-refractivity contribution in [3.63, 3.8) is 0 Å². The third-order valence-corrected chi connectivity index (χ3v) is 8.18. The maximum atomic E-state index is 12.7.